The average Bonchev–Trinajstić information content (AvgIpc) is 2.48. The van der Waals surface area contributed by atoms with Crippen LogP contribution in [-0.2, 0) is 6.54 Å². The lowest BCUT2D eigenvalue weighted by Gasteiger charge is -2.22. The quantitative estimate of drug-likeness (QED) is 0.826. The molecular formula is C18H21F2N. The standard InChI is InChI=1S/C18H21F2N/c1-13(2)16(15-6-4-3-5-7-15)12-21-11-14-8-9-17(19)18(20)10-14/h3-10,13,16,21H,11-12H2,1-2H3. The van der Waals surface area contributed by atoms with Crippen molar-refractivity contribution in [1.82, 2.24) is 5.32 Å². The highest BCUT2D eigenvalue weighted by atomic mass is 19.2. The maximum absolute atomic E-state index is 13.2. The molecule has 0 fully saturated rings. The first-order valence-corrected chi connectivity index (χ1v) is 7.27. The Kier molecular flexibility index (Phi) is 5.45. The molecule has 21 heavy (non-hydrogen) atoms. The molecule has 2 rings (SSSR count). The van der Waals surface area contributed by atoms with E-state index in [1.807, 2.05) is 18.2 Å². The minimum atomic E-state index is -0.803. The number of halogens is 2. The molecule has 0 aromatic heterocycles. The van der Waals surface area contributed by atoms with Crippen LogP contribution >= 0.6 is 0 Å². The molecule has 0 radical (unpaired) electrons. The Hall–Kier alpha value is -1.74. The van der Waals surface area contributed by atoms with Crippen LogP contribution in [0.25, 0.3) is 0 Å². The minimum Gasteiger partial charge on any atom is -0.312 e. The molecule has 1 atom stereocenters. The zero-order chi connectivity index (χ0) is 15.2. The van der Waals surface area contributed by atoms with Crippen LogP contribution in [0.1, 0.15) is 30.9 Å². The maximum atomic E-state index is 13.2. The van der Waals surface area contributed by atoms with E-state index in [0.717, 1.165) is 12.1 Å². The van der Waals surface area contributed by atoms with E-state index in [1.54, 1.807) is 6.07 Å². The van der Waals surface area contributed by atoms with Gasteiger partial charge < -0.3 is 5.32 Å². The van der Waals surface area contributed by atoms with Gasteiger partial charge >= 0.3 is 0 Å². The van der Waals surface area contributed by atoms with Crippen LogP contribution in [0.5, 0.6) is 0 Å². The van der Waals surface area contributed by atoms with Gasteiger partial charge in [0, 0.05) is 13.1 Å². The summed E-state index contributed by atoms with van der Waals surface area (Å²) >= 11 is 0. The molecule has 1 N–H and O–H groups in total. The van der Waals surface area contributed by atoms with E-state index in [4.69, 9.17) is 0 Å². The van der Waals surface area contributed by atoms with E-state index in [0.29, 0.717) is 18.4 Å². The van der Waals surface area contributed by atoms with Gasteiger partial charge in [0.25, 0.3) is 0 Å². The SMILES string of the molecule is CC(C)C(CNCc1ccc(F)c(F)c1)c1ccccc1. The molecule has 0 saturated carbocycles. The van der Waals surface area contributed by atoms with E-state index in [1.165, 1.54) is 17.7 Å². The molecular weight excluding hydrogens is 268 g/mol. The second-order valence-electron chi connectivity index (χ2n) is 5.64. The van der Waals surface area contributed by atoms with Gasteiger partial charge in [-0.3, -0.25) is 0 Å². The van der Waals surface area contributed by atoms with Crippen molar-refractivity contribution in [3.05, 3.63) is 71.3 Å². The summed E-state index contributed by atoms with van der Waals surface area (Å²) in [6.45, 7) is 5.72. The van der Waals surface area contributed by atoms with Gasteiger partial charge in [-0.15, -0.1) is 0 Å². The third-order valence-corrected chi connectivity index (χ3v) is 3.71. The second kappa shape index (κ2) is 7.32. The monoisotopic (exact) mass is 289 g/mol. The van der Waals surface area contributed by atoms with Crippen molar-refractivity contribution in [2.45, 2.75) is 26.3 Å². The summed E-state index contributed by atoms with van der Waals surface area (Å²) in [4.78, 5) is 0. The largest absolute Gasteiger partial charge is 0.312 e. The average molecular weight is 289 g/mol. The van der Waals surface area contributed by atoms with Crippen LogP contribution in [0.15, 0.2) is 48.5 Å². The molecule has 3 heteroatoms. The highest BCUT2D eigenvalue weighted by molar-refractivity contribution is 5.21. The molecule has 0 aliphatic rings. The van der Waals surface area contributed by atoms with Crippen molar-refractivity contribution >= 4 is 0 Å². The molecule has 0 bridgehead atoms. The summed E-state index contributed by atoms with van der Waals surface area (Å²) in [5, 5.41) is 3.34. The summed E-state index contributed by atoms with van der Waals surface area (Å²) in [7, 11) is 0. The summed E-state index contributed by atoms with van der Waals surface area (Å²) < 4.78 is 26.0. The van der Waals surface area contributed by atoms with Gasteiger partial charge in [0.15, 0.2) is 11.6 Å². The van der Waals surface area contributed by atoms with E-state index in [2.05, 4.69) is 31.3 Å². The molecule has 0 heterocycles. The normalized spacial score (nSPS) is 12.6. The number of nitrogens with one attached hydrogen (secondary N) is 1. The lowest BCUT2D eigenvalue weighted by Crippen LogP contribution is -2.24. The van der Waals surface area contributed by atoms with Crippen LogP contribution < -0.4 is 5.32 Å². The maximum Gasteiger partial charge on any atom is 0.159 e. The summed E-state index contributed by atoms with van der Waals surface area (Å²) in [6, 6.07) is 14.4. The zero-order valence-electron chi connectivity index (χ0n) is 12.4. The third kappa shape index (κ3) is 4.36. The fraction of sp³-hybridized carbons (Fsp3) is 0.333. The van der Waals surface area contributed by atoms with Gasteiger partial charge in [-0.1, -0.05) is 50.2 Å². The van der Waals surface area contributed by atoms with Crippen molar-refractivity contribution in [2.24, 2.45) is 5.92 Å². The van der Waals surface area contributed by atoms with Crippen molar-refractivity contribution in [3.63, 3.8) is 0 Å². The van der Waals surface area contributed by atoms with Crippen molar-refractivity contribution in [2.75, 3.05) is 6.54 Å². The van der Waals surface area contributed by atoms with Crippen LogP contribution in [0.2, 0.25) is 0 Å². The fourth-order valence-electron chi connectivity index (χ4n) is 2.46. The summed E-state index contributed by atoms with van der Waals surface area (Å²) in [5.41, 5.74) is 2.05. The topological polar surface area (TPSA) is 12.0 Å². The van der Waals surface area contributed by atoms with Crippen LogP contribution in [0.3, 0.4) is 0 Å². The molecule has 1 nitrogen and oxygen atoms in total. The minimum absolute atomic E-state index is 0.400. The lowest BCUT2D eigenvalue weighted by molar-refractivity contribution is 0.460. The predicted octanol–water partition coefficient (Wildman–Crippen LogP) is 4.49. The second-order valence-corrected chi connectivity index (χ2v) is 5.64. The van der Waals surface area contributed by atoms with Gasteiger partial charge in [-0.25, -0.2) is 8.78 Å². The van der Waals surface area contributed by atoms with Crippen LogP contribution in [-0.4, -0.2) is 6.54 Å². The Morgan fingerprint density at radius 1 is 0.952 bits per heavy atom. The molecule has 0 aliphatic heterocycles. The number of hydrogen-bond acceptors (Lipinski definition) is 1. The first-order chi connectivity index (χ1) is 10.1. The molecule has 0 spiro atoms. The molecule has 2 aromatic carbocycles. The van der Waals surface area contributed by atoms with Gasteiger partial charge in [0.1, 0.15) is 0 Å². The molecule has 0 amide bonds. The Labute approximate surface area is 125 Å². The molecule has 2 aromatic rings. The Bertz CT molecular complexity index is 567. The van der Waals surface area contributed by atoms with Crippen LogP contribution in [0, 0.1) is 17.6 Å². The van der Waals surface area contributed by atoms with E-state index >= 15 is 0 Å². The van der Waals surface area contributed by atoms with E-state index in [9.17, 15) is 8.78 Å². The highest BCUT2D eigenvalue weighted by Crippen LogP contribution is 2.23. The number of benzene rings is 2. The zero-order valence-corrected chi connectivity index (χ0v) is 12.4. The molecule has 0 aliphatic carbocycles. The Morgan fingerprint density at radius 3 is 2.29 bits per heavy atom. The van der Waals surface area contributed by atoms with Gasteiger partial charge in [-0.2, -0.15) is 0 Å². The molecule has 112 valence electrons. The van der Waals surface area contributed by atoms with Crippen molar-refractivity contribution in [1.29, 1.82) is 0 Å². The number of hydrogen-bond donors (Lipinski definition) is 1. The molecule has 0 saturated heterocycles. The first kappa shape index (κ1) is 15.6. The first-order valence-electron chi connectivity index (χ1n) is 7.27. The fourth-order valence-corrected chi connectivity index (χ4v) is 2.46. The summed E-state index contributed by atoms with van der Waals surface area (Å²) in [5.74, 6) is -0.692. The highest BCUT2D eigenvalue weighted by Gasteiger charge is 2.15. The van der Waals surface area contributed by atoms with E-state index < -0.39 is 11.6 Å². The van der Waals surface area contributed by atoms with Gasteiger partial charge in [0.05, 0.1) is 0 Å². The van der Waals surface area contributed by atoms with Gasteiger partial charge in [-0.05, 0) is 35.1 Å². The third-order valence-electron chi connectivity index (χ3n) is 3.71. The van der Waals surface area contributed by atoms with Crippen LogP contribution in [0.4, 0.5) is 8.78 Å². The van der Waals surface area contributed by atoms with E-state index in [-0.39, 0.29) is 0 Å². The van der Waals surface area contributed by atoms with Crippen molar-refractivity contribution < 1.29 is 8.78 Å². The molecule has 1 unspecified atom stereocenters. The number of rotatable bonds is 6. The lowest BCUT2D eigenvalue weighted by atomic mass is 9.88. The van der Waals surface area contributed by atoms with Gasteiger partial charge in [0.2, 0.25) is 0 Å². The van der Waals surface area contributed by atoms with Crippen molar-refractivity contribution in [3.8, 4) is 0 Å². The summed E-state index contributed by atoms with van der Waals surface area (Å²) in [6.07, 6.45) is 0. The Morgan fingerprint density at radius 2 is 1.67 bits per heavy atom. The smallest absolute Gasteiger partial charge is 0.159 e. The predicted molar refractivity (Wildman–Crippen MR) is 82.1 cm³/mol. The Balaban J connectivity index is 1.95.